The molecule has 0 unspecified atom stereocenters. The van der Waals surface area contributed by atoms with E-state index in [-0.39, 0.29) is 5.91 Å². The van der Waals surface area contributed by atoms with Crippen molar-refractivity contribution in [2.75, 3.05) is 7.05 Å². The zero-order valence-electron chi connectivity index (χ0n) is 11.4. The Morgan fingerprint density at radius 2 is 2.05 bits per heavy atom. The van der Waals surface area contributed by atoms with Crippen molar-refractivity contribution in [3.8, 4) is 0 Å². The van der Waals surface area contributed by atoms with Crippen LogP contribution in [0.2, 0.25) is 0 Å². The number of halogens is 1. The molecule has 20 heavy (non-hydrogen) atoms. The second-order valence-electron chi connectivity index (χ2n) is 4.70. The Hall–Kier alpha value is -1.68. The minimum Gasteiger partial charge on any atom is -0.341 e. The highest BCUT2D eigenvalue weighted by Crippen LogP contribution is 2.17. The van der Waals surface area contributed by atoms with Crippen LogP contribution in [0.1, 0.15) is 17.5 Å². The zero-order valence-corrected chi connectivity index (χ0v) is 13.0. The standard InChI is InChI=1S/C16H17BrN2O/c1-19(12-14-6-2-3-7-15(14)17)16(20)9-8-13-5-4-10-18-11-13/h2-7,10-11H,8-9,12H2,1H3. The molecule has 0 saturated carbocycles. The molecule has 1 heterocycles. The molecule has 0 bridgehead atoms. The van der Waals surface area contributed by atoms with Gasteiger partial charge in [-0.3, -0.25) is 9.78 Å². The van der Waals surface area contributed by atoms with Gasteiger partial charge in [-0.2, -0.15) is 0 Å². The summed E-state index contributed by atoms with van der Waals surface area (Å²) in [5, 5.41) is 0. The summed E-state index contributed by atoms with van der Waals surface area (Å²) < 4.78 is 1.03. The average molecular weight is 333 g/mol. The van der Waals surface area contributed by atoms with E-state index in [2.05, 4.69) is 20.9 Å². The number of carbonyl (C=O) groups excluding carboxylic acids is 1. The van der Waals surface area contributed by atoms with Gasteiger partial charge in [0.2, 0.25) is 5.91 Å². The number of pyridine rings is 1. The Morgan fingerprint density at radius 3 is 2.75 bits per heavy atom. The normalized spacial score (nSPS) is 10.3. The third-order valence-corrected chi connectivity index (χ3v) is 3.92. The van der Waals surface area contributed by atoms with Gasteiger partial charge in [0.25, 0.3) is 0 Å². The van der Waals surface area contributed by atoms with Crippen molar-refractivity contribution in [2.24, 2.45) is 0 Å². The van der Waals surface area contributed by atoms with Crippen molar-refractivity contribution in [3.05, 3.63) is 64.4 Å². The first-order valence-corrected chi connectivity index (χ1v) is 7.32. The summed E-state index contributed by atoms with van der Waals surface area (Å²) >= 11 is 3.50. The van der Waals surface area contributed by atoms with Gasteiger partial charge in [0.15, 0.2) is 0 Å². The SMILES string of the molecule is CN(Cc1ccccc1Br)C(=O)CCc1cccnc1. The molecule has 2 aromatic rings. The van der Waals surface area contributed by atoms with Gasteiger partial charge in [0.05, 0.1) is 0 Å². The first-order chi connectivity index (χ1) is 9.66. The van der Waals surface area contributed by atoms with Crippen LogP contribution in [0, 0.1) is 0 Å². The molecule has 0 fully saturated rings. The summed E-state index contributed by atoms with van der Waals surface area (Å²) in [5.41, 5.74) is 2.21. The van der Waals surface area contributed by atoms with Crippen molar-refractivity contribution >= 4 is 21.8 Å². The molecule has 0 saturated heterocycles. The van der Waals surface area contributed by atoms with E-state index < -0.39 is 0 Å². The number of aryl methyl sites for hydroxylation is 1. The minimum atomic E-state index is 0.143. The van der Waals surface area contributed by atoms with E-state index in [0.717, 1.165) is 22.0 Å². The lowest BCUT2D eigenvalue weighted by molar-refractivity contribution is -0.130. The fourth-order valence-electron chi connectivity index (χ4n) is 1.96. The van der Waals surface area contributed by atoms with E-state index >= 15 is 0 Å². The fraction of sp³-hybridized carbons (Fsp3) is 0.250. The van der Waals surface area contributed by atoms with Crippen molar-refractivity contribution in [2.45, 2.75) is 19.4 Å². The second-order valence-corrected chi connectivity index (χ2v) is 5.56. The first kappa shape index (κ1) is 14.7. The summed E-state index contributed by atoms with van der Waals surface area (Å²) in [4.78, 5) is 17.9. The second kappa shape index (κ2) is 7.20. The molecule has 1 aromatic carbocycles. The molecule has 0 aliphatic carbocycles. The van der Waals surface area contributed by atoms with Crippen LogP contribution in [0.5, 0.6) is 0 Å². The molecular weight excluding hydrogens is 316 g/mol. The molecule has 2 rings (SSSR count). The van der Waals surface area contributed by atoms with Crippen LogP contribution in [0.15, 0.2) is 53.3 Å². The highest BCUT2D eigenvalue weighted by atomic mass is 79.9. The van der Waals surface area contributed by atoms with E-state index in [1.165, 1.54) is 0 Å². The van der Waals surface area contributed by atoms with Crippen LogP contribution in [-0.2, 0) is 17.8 Å². The molecular formula is C16H17BrN2O. The largest absolute Gasteiger partial charge is 0.341 e. The molecule has 0 aliphatic rings. The van der Waals surface area contributed by atoms with Gasteiger partial charge < -0.3 is 4.90 Å². The fourth-order valence-corrected chi connectivity index (χ4v) is 2.37. The molecule has 0 atom stereocenters. The van der Waals surface area contributed by atoms with E-state index in [0.29, 0.717) is 13.0 Å². The van der Waals surface area contributed by atoms with Crippen LogP contribution in [0.25, 0.3) is 0 Å². The van der Waals surface area contributed by atoms with Gasteiger partial charge in [-0.1, -0.05) is 40.2 Å². The lowest BCUT2D eigenvalue weighted by atomic mass is 10.1. The summed E-state index contributed by atoms with van der Waals surface area (Å²) in [6.07, 6.45) is 4.78. The number of hydrogen-bond acceptors (Lipinski definition) is 2. The van der Waals surface area contributed by atoms with Gasteiger partial charge in [0.1, 0.15) is 0 Å². The zero-order chi connectivity index (χ0) is 14.4. The summed E-state index contributed by atoms with van der Waals surface area (Å²) in [6.45, 7) is 0.618. The molecule has 104 valence electrons. The summed E-state index contributed by atoms with van der Waals surface area (Å²) in [7, 11) is 1.84. The molecule has 0 spiro atoms. The lowest BCUT2D eigenvalue weighted by Crippen LogP contribution is -2.26. The molecule has 0 aliphatic heterocycles. The maximum atomic E-state index is 12.1. The van der Waals surface area contributed by atoms with Gasteiger partial charge >= 0.3 is 0 Å². The Bertz CT molecular complexity index is 572. The van der Waals surface area contributed by atoms with Gasteiger partial charge in [-0.25, -0.2) is 0 Å². The van der Waals surface area contributed by atoms with Crippen LogP contribution in [0.4, 0.5) is 0 Å². The number of amides is 1. The Kier molecular flexibility index (Phi) is 5.30. The smallest absolute Gasteiger partial charge is 0.222 e. The molecule has 1 aromatic heterocycles. The van der Waals surface area contributed by atoms with Crippen molar-refractivity contribution in [3.63, 3.8) is 0 Å². The number of nitrogens with zero attached hydrogens (tertiary/aromatic N) is 2. The highest BCUT2D eigenvalue weighted by Gasteiger charge is 2.10. The van der Waals surface area contributed by atoms with Crippen molar-refractivity contribution in [1.82, 2.24) is 9.88 Å². The Labute approximate surface area is 127 Å². The van der Waals surface area contributed by atoms with E-state index in [1.54, 1.807) is 17.3 Å². The van der Waals surface area contributed by atoms with Gasteiger partial charge in [-0.15, -0.1) is 0 Å². The van der Waals surface area contributed by atoms with Crippen LogP contribution in [-0.4, -0.2) is 22.8 Å². The van der Waals surface area contributed by atoms with Crippen molar-refractivity contribution in [1.29, 1.82) is 0 Å². The predicted octanol–water partition coefficient (Wildman–Crippen LogP) is 3.44. The first-order valence-electron chi connectivity index (χ1n) is 6.53. The topological polar surface area (TPSA) is 33.2 Å². The maximum Gasteiger partial charge on any atom is 0.222 e. The van der Waals surface area contributed by atoms with Crippen LogP contribution in [0.3, 0.4) is 0 Å². The number of hydrogen-bond donors (Lipinski definition) is 0. The quantitative estimate of drug-likeness (QED) is 0.840. The average Bonchev–Trinajstić information content (AvgIpc) is 2.48. The lowest BCUT2D eigenvalue weighted by Gasteiger charge is -2.18. The van der Waals surface area contributed by atoms with Crippen LogP contribution < -0.4 is 0 Å². The van der Waals surface area contributed by atoms with Gasteiger partial charge in [-0.05, 0) is 29.7 Å². The number of carbonyl (C=O) groups is 1. The third-order valence-electron chi connectivity index (χ3n) is 3.14. The molecule has 4 heteroatoms. The molecule has 1 amide bonds. The maximum absolute atomic E-state index is 12.1. The summed E-state index contributed by atoms with van der Waals surface area (Å²) in [6, 6.07) is 11.8. The third kappa shape index (κ3) is 4.17. The highest BCUT2D eigenvalue weighted by molar-refractivity contribution is 9.10. The molecule has 3 nitrogen and oxygen atoms in total. The van der Waals surface area contributed by atoms with Crippen molar-refractivity contribution < 1.29 is 4.79 Å². The Morgan fingerprint density at radius 1 is 1.25 bits per heavy atom. The Balaban J connectivity index is 1.88. The molecule has 0 radical (unpaired) electrons. The van der Waals surface area contributed by atoms with Gasteiger partial charge in [0, 0.05) is 36.9 Å². The summed E-state index contributed by atoms with van der Waals surface area (Å²) in [5.74, 6) is 0.143. The van der Waals surface area contributed by atoms with E-state index in [9.17, 15) is 4.79 Å². The number of aromatic nitrogens is 1. The predicted molar refractivity (Wildman–Crippen MR) is 83.2 cm³/mol. The molecule has 0 N–H and O–H groups in total. The van der Waals surface area contributed by atoms with E-state index in [4.69, 9.17) is 0 Å². The minimum absolute atomic E-state index is 0.143. The van der Waals surface area contributed by atoms with Crippen LogP contribution >= 0.6 is 15.9 Å². The number of benzene rings is 1. The van der Waals surface area contributed by atoms with E-state index in [1.807, 2.05) is 43.4 Å². The number of rotatable bonds is 5. The monoisotopic (exact) mass is 332 g/mol.